The van der Waals surface area contributed by atoms with Crippen LogP contribution in [-0.2, 0) is 9.59 Å². The molecule has 26 heteroatoms. The van der Waals surface area contributed by atoms with Crippen LogP contribution >= 0.6 is 0 Å². The summed E-state index contributed by atoms with van der Waals surface area (Å²) in [6.45, 7) is 22.6. The molecule has 2 amide bonds. The second-order valence-corrected chi connectivity index (χ2v) is 19.1. The van der Waals surface area contributed by atoms with Crippen molar-refractivity contribution in [1.29, 1.82) is 0 Å². The molecule has 4 aliphatic rings. The van der Waals surface area contributed by atoms with Gasteiger partial charge < -0.3 is 40.0 Å². The van der Waals surface area contributed by atoms with E-state index in [1.807, 2.05) is 114 Å². The van der Waals surface area contributed by atoms with E-state index in [0.29, 0.717) is 45.8 Å². The fourth-order valence-corrected chi connectivity index (χ4v) is 10.1. The van der Waals surface area contributed by atoms with Crippen LogP contribution in [0.15, 0.2) is 83.7 Å². The average molecular weight is 1050 g/mol. The number of benzene rings is 2. The van der Waals surface area contributed by atoms with Crippen molar-refractivity contribution in [2.75, 3.05) is 110 Å². The summed E-state index contributed by atoms with van der Waals surface area (Å²) >= 11 is 0. The van der Waals surface area contributed by atoms with E-state index in [9.17, 15) is 9.59 Å². The highest BCUT2D eigenvalue weighted by molar-refractivity contribution is 6.08. The number of fused-ring (bicyclic) bond motifs is 4. The van der Waals surface area contributed by atoms with Gasteiger partial charge in [-0.2, -0.15) is 10.2 Å². The van der Waals surface area contributed by atoms with Gasteiger partial charge in [0.2, 0.25) is 11.9 Å². The summed E-state index contributed by atoms with van der Waals surface area (Å²) in [5.74, 6) is 2.58. The van der Waals surface area contributed by atoms with Crippen molar-refractivity contribution in [2.24, 2.45) is 0 Å². The number of hydrogen-bond acceptors (Lipinski definition) is 20. The molecule has 0 spiro atoms. The lowest BCUT2D eigenvalue weighted by atomic mass is 10.0. The number of likely N-dealkylation sites (N-methyl/N-ethyl adjacent to an activating group) is 2. The molecule has 2 atom stereocenters. The van der Waals surface area contributed by atoms with Gasteiger partial charge in [-0.05, 0) is 98.5 Å². The van der Waals surface area contributed by atoms with Crippen LogP contribution in [0, 0.1) is 0 Å². The Kier molecular flexibility index (Phi) is 14.7. The smallest absolute Gasteiger partial charge is 0.255 e. The molecule has 400 valence electrons. The third kappa shape index (κ3) is 9.99. The molecule has 0 bridgehead atoms. The number of nitrogens with zero attached hydrogens (tertiary/aromatic N) is 20. The number of nitrogens with one attached hydrogen (secondary N) is 4. The van der Waals surface area contributed by atoms with E-state index in [1.54, 1.807) is 22.0 Å². The lowest BCUT2D eigenvalue weighted by Crippen LogP contribution is -2.46. The van der Waals surface area contributed by atoms with Crippen LogP contribution in [0.4, 0.5) is 34.9 Å². The first-order valence-electron chi connectivity index (χ1n) is 25.9. The van der Waals surface area contributed by atoms with Crippen molar-refractivity contribution in [1.82, 2.24) is 90.5 Å². The maximum absolute atomic E-state index is 13.4. The number of piperazine rings is 2. The lowest BCUT2D eigenvalue weighted by molar-refractivity contribution is -0.114. The largest absolute Gasteiger partial charge is 0.354 e. The fourth-order valence-electron chi connectivity index (χ4n) is 10.1. The first kappa shape index (κ1) is 51.7. The van der Waals surface area contributed by atoms with Gasteiger partial charge in [-0.25, -0.2) is 29.3 Å². The summed E-state index contributed by atoms with van der Waals surface area (Å²) in [4.78, 5) is 57.8. The number of tetrazole rings is 2. The van der Waals surface area contributed by atoms with E-state index in [1.165, 1.54) is 0 Å². The van der Waals surface area contributed by atoms with Crippen molar-refractivity contribution in [3.63, 3.8) is 0 Å². The van der Waals surface area contributed by atoms with Crippen molar-refractivity contribution >= 4 is 68.5 Å². The first-order chi connectivity index (χ1) is 37.3. The SMILES string of the molecule is CC.CC1=C(C(=O)Nc2ccc3[nH]nc(-c4cc(N5CCN(C)CC5)ncn4)c3c2)[C@@H](C)n2nnnc2N1C.CCN1CCN(c2cc(-c3n[nH]c4ccc(NC(=O)C5=C(C)N(C)c6nnnn6[C@@H]5C)cc34)ncn2)CC1. The highest BCUT2D eigenvalue weighted by Crippen LogP contribution is 2.36. The molecule has 2 fully saturated rings. The number of carbonyl (C=O) groups excluding carboxylic acids is 2. The van der Waals surface area contributed by atoms with Crippen molar-refractivity contribution in [3.8, 4) is 22.8 Å². The molecule has 10 heterocycles. The zero-order chi connectivity index (χ0) is 54.1. The van der Waals surface area contributed by atoms with Crippen LogP contribution in [-0.4, -0.2) is 182 Å². The lowest BCUT2D eigenvalue weighted by Gasteiger charge is -2.34. The number of aromatic nitrogens is 16. The molecule has 6 aromatic heterocycles. The number of aromatic amines is 2. The fraction of sp³-hybridized carbons (Fsp3) is 0.412. The molecule has 4 aliphatic heterocycles. The van der Waals surface area contributed by atoms with Gasteiger partial charge in [-0.1, -0.05) is 31.0 Å². The number of hydrogen-bond donors (Lipinski definition) is 4. The summed E-state index contributed by atoms with van der Waals surface area (Å²) in [5, 5.41) is 46.8. The van der Waals surface area contributed by atoms with Gasteiger partial charge in [0, 0.05) is 112 Å². The predicted molar refractivity (Wildman–Crippen MR) is 294 cm³/mol. The van der Waals surface area contributed by atoms with E-state index < -0.39 is 0 Å². The summed E-state index contributed by atoms with van der Waals surface area (Å²) in [6.07, 6.45) is 3.17. The standard InChI is InChI=1S/C25H30N12O.C24H28N12O.C2H6/c1-5-35-8-10-36(11-9-35)21-13-20(26-14-27-21)23-18-12-17(6-7-19(18)29-30-23)28-24(38)22-15(2)34(4)25-31-32-33-37(25)16(22)3;1-14-21(15(2)36-24(34(14)4)30-31-32-36)23(37)27-16-5-6-18-17(11-16)22(29-28-18)19-12-20(26-13-25-19)35-9-7-33(3)8-10-35;1-2/h6-7,12-14,16H,5,8-11H2,1-4H3,(H,28,38)(H,29,30);5-6,11-13,15H,7-10H2,1-4H3,(H,27,37)(H,28,29);1-2H3/t16-;15-;/m11./s1. The molecule has 26 nitrogen and oxygen atoms in total. The molecule has 0 saturated carbocycles. The van der Waals surface area contributed by atoms with E-state index in [-0.39, 0.29) is 23.9 Å². The Balaban J connectivity index is 0.000000169. The first-order valence-corrected chi connectivity index (χ1v) is 25.9. The Morgan fingerprint density at radius 2 is 1.03 bits per heavy atom. The van der Waals surface area contributed by atoms with Gasteiger partial charge in [0.25, 0.3) is 11.8 Å². The van der Waals surface area contributed by atoms with E-state index in [4.69, 9.17) is 0 Å². The zero-order valence-corrected chi connectivity index (χ0v) is 45.1. The molecule has 0 aliphatic carbocycles. The summed E-state index contributed by atoms with van der Waals surface area (Å²) in [5.41, 5.74) is 8.72. The number of rotatable bonds is 9. The number of carbonyl (C=O) groups is 2. The second-order valence-electron chi connectivity index (χ2n) is 19.1. The van der Waals surface area contributed by atoms with Crippen molar-refractivity contribution in [2.45, 2.75) is 60.5 Å². The van der Waals surface area contributed by atoms with Crippen LogP contribution in [0.5, 0.6) is 0 Å². The number of allylic oxidation sites excluding steroid dienone is 2. The molecule has 4 N–H and O–H groups in total. The van der Waals surface area contributed by atoms with Crippen LogP contribution < -0.4 is 30.2 Å². The Labute approximate surface area is 444 Å². The quantitative estimate of drug-likeness (QED) is 0.151. The summed E-state index contributed by atoms with van der Waals surface area (Å²) in [7, 11) is 5.82. The number of amides is 2. The molecule has 12 rings (SSSR count). The molecular formula is C51H64N24O2. The van der Waals surface area contributed by atoms with Crippen molar-refractivity contribution < 1.29 is 9.59 Å². The molecule has 2 aromatic carbocycles. The summed E-state index contributed by atoms with van der Waals surface area (Å²) in [6, 6.07) is 14.7. The van der Waals surface area contributed by atoms with Gasteiger partial charge in [0.05, 0.1) is 45.7 Å². The minimum atomic E-state index is -0.303. The topological polar surface area (TPSA) is 274 Å². The molecule has 8 aromatic rings. The third-order valence-electron chi connectivity index (χ3n) is 14.8. The second kappa shape index (κ2) is 21.8. The number of H-pyrrole nitrogens is 2. The van der Waals surface area contributed by atoms with Gasteiger partial charge in [0.15, 0.2) is 0 Å². The minimum Gasteiger partial charge on any atom is -0.354 e. The van der Waals surface area contributed by atoms with E-state index in [2.05, 4.69) is 116 Å². The molecular weight excluding hydrogens is 981 g/mol. The third-order valence-corrected chi connectivity index (χ3v) is 14.8. The minimum absolute atomic E-state index is 0.206. The van der Waals surface area contributed by atoms with E-state index in [0.717, 1.165) is 115 Å². The Hall–Kier alpha value is -8.78. The maximum Gasteiger partial charge on any atom is 0.255 e. The van der Waals surface area contributed by atoms with Gasteiger partial charge >= 0.3 is 0 Å². The van der Waals surface area contributed by atoms with Gasteiger partial charge in [-0.15, -0.1) is 0 Å². The molecule has 0 unspecified atom stereocenters. The van der Waals surface area contributed by atoms with Crippen molar-refractivity contribution in [3.05, 3.63) is 83.7 Å². The van der Waals surface area contributed by atoms with Crippen LogP contribution in [0.2, 0.25) is 0 Å². The highest BCUT2D eigenvalue weighted by Gasteiger charge is 2.34. The average Bonchev–Trinajstić information content (AvgIpc) is 4.35. The van der Waals surface area contributed by atoms with Crippen LogP contribution in [0.3, 0.4) is 0 Å². The molecule has 77 heavy (non-hydrogen) atoms. The monoisotopic (exact) mass is 1040 g/mol. The van der Waals surface area contributed by atoms with Crippen LogP contribution in [0.1, 0.15) is 60.5 Å². The van der Waals surface area contributed by atoms with E-state index >= 15 is 0 Å². The Morgan fingerprint density at radius 1 is 0.597 bits per heavy atom. The molecule has 2 saturated heterocycles. The number of anilines is 6. The summed E-state index contributed by atoms with van der Waals surface area (Å²) < 4.78 is 3.29. The van der Waals surface area contributed by atoms with Gasteiger partial charge in [0.1, 0.15) is 35.7 Å². The molecule has 0 radical (unpaired) electrons. The van der Waals surface area contributed by atoms with Gasteiger partial charge in [-0.3, -0.25) is 19.8 Å². The Bertz CT molecular complexity index is 3500. The normalized spacial score (nSPS) is 17.9. The Morgan fingerprint density at radius 3 is 1.45 bits per heavy atom. The zero-order valence-electron chi connectivity index (χ0n) is 45.1. The predicted octanol–water partition coefficient (Wildman–Crippen LogP) is 4.78. The maximum atomic E-state index is 13.4. The van der Waals surface area contributed by atoms with Crippen LogP contribution in [0.25, 0.3) is 44.6 Å². The highest BCUT2D eigenvalue weighted by atomic mass is 16.2.